The van der Waals surface area contributed by atoms with Crippen LogP contribution in [0, 0.1) is 0 Å². The van der Waals surface area contributed by atoms with Gasteiger partial charge in [0.25, 0.3) is 0 Å². The second-order valence-electron chi connectivity index (χ2n) is 6.78. The Kier molecular flexibility index (Phi) is 6.61. The van der Waals surface area contributed by atoms with Crippen LogP contribution >= 0.6 is 34.8 Å². The molecule has 4 rings (SSSR count). The Morgan fingerprint density at radius 3 is 2.58 bits per heavy atom. The van der Waals surface area contributed by atoms with Crippen molar-refractivity contribution in [2.45, 2.75) is 19.4 Å². The number of halogens is 3. The van der Waals surface area contributed by atoms with Gasteiger partial charge in [-0.2, -0.15) is 5.10 Å². The summed E-state index contributed by atoms with van der Waals surface area (Å²) in [7, 11) is 0. The van der Waals surface area contributed by atoms with Gasteiger partial charge in [0.1, 0.15) is 5.82 Å². The summed E-state index contributed by atoms with van der Waals surface area (Å²) in [5, 5.41) is 8.88. The van der Waals surface area contributed by atoms with Crippen molar-refractivity contribution in [3.63, 3.8) is 0 Å². The predicted octanol–water partition coefficient (Wildman–Crippen LogP) is 6.12. The molecule has 0 radical (unpaired) electrons. The smallest absolute Gasteiger partial charge is 0.226 e. The Balaban J connectivity index is 1.35. The summed E-state index contributed by atoms with van der Waals surface area (Å²) in [6, 6.07) is 14.3. The molecule has 0 saturated carbocycles. The molecular weight excluding hydrogens is 459 g/mol. The van der Waals surface area contributed by atoms with Crippen molar-refractivity contribution in [2.75, 3.05) is 5.32 Å². The minimum atomic E-state index is -0.171. The van der Waals surface area contributed by atoms with E-state index in [1.807, 2.05) is 18.2 Å². The molecule has 0 spiro atoms. The predicted molar refractivity (Wildman–Crippen MR) is 122 cm³/mol. The van der Waals surface area contributed by atoms with Crippen LogP contribution in [-0.2, 0) is 17.8 Å². The molecule has 2 aromatic carbocycles. The maximum atomic E-state index is 12.4. The van der Waals surface area contributed by atoms with Crippen molar-refractivity contribution in [2.24, 2.45) is 0 Å². The van der Waals surface area contributed by atoms with Crippen LogP contribution in [0.25, 0.3) is 11.3 Å². The summed E-state index contributed by atoms with van der Waals surface area (Å²) in [6.45, 7) is 0.406. The Bertz CT molecular complexity index is 1200. The summed E-state index contributed by atoms with van der Waals surface area (Å²) in [5.41, 5.74) is 1.72. The zero-order valence-corrected chi connectivity index (χ0v) is 18.5. The van der Waals surface area contributed by atoms with Crippen molar-refractivity contribution in [3.8, 4) is 11.3 Å². The number of benzene rings is 2. The van der Waals surface area contributed by atoms with Crippen LogP contribution in [0.3, 0.4) is 0 Å². The highest BCUT2D eigenvalue weighted by molar-refractivity contribution is 6.35. The quantitative estimate of drug-likeness (QED) is 0.349. The molecule has 1 amide bonds. The van der Waals surface area contributed by atoms with Crippen LogP contribution < -0.4 is 5.32 Å². The van der Waals surface area contributed by atoms with Gasteiger partial charge < -0.3 is 9.73 Å². The van der Waals surface area contributed by atoms with Crippen LogP contribution in [0.5, 0.6) is 0 Å². The van der Waals surface area contributed by atoms with Gasteiger partial charge in [0.2, 0.25) is 5.91 Å². The zero-order valence-electron chi connectivity index (χ0n) is 16.2. The molecule has 0 aliphatic heterocycles. The first-order valence-electron chi connectivity index (χ1n) is 9.44. The largest absolute Gasteiger partial charge is 0.441 e. The first-order chi connectivity index (χ1) is 15.0. The van der Waals surface area contributed by atoms with Crippen molar-refractivity contribution in [1.82, 2.24) is 14.8 Å². The molecule has 2 heterocycles. The Morgan fingerprint density at radius 1 is 1.03 bits per heavy atom. The van der Waals surface area contributed by atoms with Gasteiger partial charge in [0.15, 0.2) is 11.7 Å². The van der Waals surface area contributed by atoms with E-state index in [4.69, 9.17) is 39.2 Å². The maximum Gasteiger partial charge on any atom is 0.226 e. The van der Waals surface area contributed by atoms with E-state index in [-0.39, 0.29) is 12.3 Å². The fourth-order valence-electron chi connectivity index (χ4n) is 2.98. The minimum Gasteiger partial charge on any atom is -0.441 e. The summed E-state index contributed by atoms with van der Waals surface area (Å²) in [4.78, 5) is 16.7. The lowest BCUT2D eigenvalue weighted by atomic mass is 10.2. The first kappa shape index (κ1) is 21.4. The molecule has 0 saturated heterocycles. The van der Waals surface area contributed by atoms with E-state index in [0.29, 0.717) is 45.5 Å². The number of anilines is 1. The van der Waals surface area contributed by atoms with Crippen molar-refractivity contribution < 1.29 is 9.21 Å². The van der Waals surface area contributed by atoms with E-state index in [9.17, 15) is 4.79 Å². The van der Waals surface area contributed by atoms with E-state index >= 15 is 0 Å². The van der Waals surface area contributed by atoms with E-state index in [2.05, 4.69) is 15.4 Å². The molecule has 0 aliphatic carbocycles. The number of oxazole rings is 1. The van der Waals surface area contributed by atoms with Crippen LogP contribution in [0.4, 0.5) is 5.82 Å². The van der Waals surface area contributed by atoms with Gasteiger partial charge in [-0.1, -0.05) is 40.9 Å². The molecule has 1 N–H and O–H groups in total. The highest BCUT2D eigenvalue weighted by atomic mass is 35.5. The highest BCUT2D eigenvalue weighted by Gasteiger charge is 2.12. The van der Waals surface area contributed by atoms with E-state index in [1.165, 1.54) is 0 Å². The minimum absolute atomic E-state index is 0.171. The molecule has 2 aromatic heterocycles. The summed E-state index contributed by atoms with van der Waals surface area (Å²) in [6.07, 6.45) is 3.84. The molecule has 0 aliphatic rings. The fraction of sp³-hybridized carbons (Fsp3) is 0.136. The number of amides is 1. The average Bonchev–Trinajstić information content (AvgIpc) is 3.39. The molecule has 0 unspecified atom stereocenters. The van der Waals surface area contributed by atoms with Crippen LogP contribution in [0.1, 0.15) is 17.9 Å². The standard InChI is InChI=1S/C22H17Cl3N4O2/c23-16-4-1-14(2-5-16)19-12-26-22(31-19)8-7-21(30)28-20-9-10-27-29(20)13-15-3-6-17(24)11-18(15)25/h1-6,9-12H,7-8,13H2,(H,28,30). The molecular formula is C22H17Cl3N4O2. The second-order valence-corrected chi connectivity index (χ2v) is 8.06. The Hall–Kier alpha value is -2.80. The van der Waals surface area contributed by atoms with Crippen LogP contribution in [-0.4, -0.2) is 20.7 Å². The van der Waals surface area contributed by atoms with Crippen molar-refractivity contribution in [1.29, 1.82) is 0 Å². The third-order valence-electron chi connectivity index (χ3n) is 4.57. The summed E-state index contributed by atoms with van der Waals surface area (Å²) >= 11 is 18.1. The number of nitrogens with zero attached hydrogens (tertiary/aromatic N) is 3. The molecule has 0 fully saturated rings. The summed E-state index contributed by atoms with van der Waals surface area (Å²) < 4.78 is 7.41. The van der Waals surface area contributed by atoms with Gasteiger partial charge in [-0.25, -0.2) is 9.67 Å². The molecule has 0 atom stereocenters. The fourth-order valence-corrected chi connectivity index (χ4v) is 3.57. The normalized spacial score (nSPS) is 10.9. The highest BCUT2D eigenvalue weighted by Crippen LogP contribution is 2.24. The third-order valence-corrected chi connectivity index (χ3v) is 5.41. The van der Waals surface area contributed by atoms with Crippen molar-refractivity contribution in [3.05, 3.63) is 87.4 Å². The lowest BCUT2D eigenvalue weighted by Crippen LogP contribution is -2.16. The molecule has 4 aromatic rings. The van der Waals surface area contributed by atoms with Gasteiger partial charge in [-0.15, -0.1) is 0 Å². The Labute approximate surface area is 193 Å². The molecule has 0 bridgehead atoms. The topological polar surface area (TPSA) is 73.0 Å². The number of carbonyl (C=O) groups excluding carboxylic acids is 1. The SMILES string of the molecule is O=C(CCc1ncc(-c2ccc(Cl)cc2)o1)Nc1ccnn1Cc1ccc(Cl)cc1Cl. The number of aryl methyl sites for hydroxylation is 1. The monoisotopic (exact) mass is 474 g/mol. The van der Waals surface area contributed by atoms with Crippen LogP contribution in [0.2, 0.25) is 15.1 Å². The molecule has 31 heavy (non-hydrogen) atoms. The maximum absolute atomic E-state index is 12.4. The molecule has 9 heteroatoms. The zero-order chi connectivity index (χ0) is 21.8. The Morgan fingerprint density at radius 2 is 1.81 bits per heavy atom. The first-order valence-corrected chi connectivity index (χ1v) is 10.6. The van der Waals surface area contributed by atoms with Gasteiger partial charge >= 0.3 is 0 Å². The third kappa shape index (κ3) is 5.47. The number of hydrogen-bond acceptors (Lipinski definition) is 4. The van der Waals surface area contributed by atoms with E-state index in [1.54, 1.807) is 47.4 Å². The second kappa shape index (κ2) is 9.56. The average molecular weight is 476 g/mol. The molecule has 6 nitrogen and oxygen atoms in total. The van der Waals surface area contributed by atoms with Gasteiger partial charge in [-0.05, 0) is 42.0 Å². The van der Waals surface area contributed by atoms with E-state index in [0.717, 1.165) is 11.1 Å². The number of carbonyl (C=O) groups is 1. The van der Waals surface area contributed by atoms with E-state index < -0.39 is 0 Å². The van der Waals surface area contributed by atoms with Gasteiger partial charge in [-0.3, -0.25) is 4.79 Å². The molecule has 158 valence electrons. The number of aromatic nitrogens is 3. The lowest BCUT2D eigenvalue weighted by Gasteiger charge is -2.10. The number of nitrogens with one attached hydrogen (secondary N) is 1. The lowest BCUT2D eigenvalue weighted by molar-refractivity contribution is -0.116. The van der Waals surface area contributed by atoms with Gasteiger partial charge in [0, 0.05) is 39.5 Å². The number of hydrogen-bond donors (Lipinski definition) is 1. The number of rotatable bonds is 7. The van der Waals surface area contributed by atoms with Crippen molar-refractivity contribution >= 4 is 46.5 Å². The summed E-state index contributed by atoms with van der Waals surface area (Å²) in [5.74, 6) is 1.52. The van der Waals surface area contributed by atoms with Gasteiger partial charge in [0.05, 0.1) is 18.9 Å². The van der Waals surface area contributed by atoms with Crippen LogP contribution in [0.15, 0.2) is 65.3 Å².